The Bertz CT molecular complexity index is 612. The van der Waals surface area contributed by atoms with Crippen LogP contribution in [-0.2, 0) is 6.42 Å². The molecule has 0 atom stereocenters. The summed E-state index contributed by atoms with van der Waals surface area (Å²) in [6.07, 6.45) is 2.04. The molecule has 0 amide bonds. The van der Waals surface area contributed by atoms with Gasteiger partial charge in [0.1, 0.15) is 5.69 Å². The molecular weight excluding hydrogens is 259 g/mol. The minimum absolute atomic E-state index is 0.151. The van der Waals surface area contributed by atoms with Gasteiger partial charge in [-0.1, -0.05) is 31.5 Å². The van der Waals surface area contributed by atoms with Gasteiger partial charge < -0.3 is 5.32 Å². The minimum Gasteiger partial charge on any atom is -0.350 e. The van der Waals surface area contributed by atoms with Gasteiger partial charge in [0.05, 0.1) is 4.92 Å². The maximum absolute atomic E-state index is 13.5. The largest absolute Gasteiger partial charge is 0.350 e. The normalized spacial score (nSPS) is 10.3. The zero-order valence-corrected chi connectivity index (χ0v) is 11.1. The standard InChI is InChI=1S/C15H15FN2O2/c1-2-4-11-7-9-12(10-8-11)17-14-6-3-5-13(16)15(14)18(19)20/h3,5-10,17H,2,4H2,1H3. The minimum atomic E-state index is -0.845. The Kier molecular flexibility index (Phi) is 4.30. The van der Waals surface area contributed by atoms with Crippen molar-refractivity contribution in [2.75, 3.05) is 5.32 Å². The summed E-state index contributed by atoms with van der Waals surface area (Å²) >= 11 is 0. The molecule has 2 aromatic rings. The number of anilines is 2. The third-order valence-electron chi connectivity index (χ3n) is 2.94. The van der Waals surface area contributed by atoms with Crippen molar-refractivity contribution in [3.63, 3.8) is 0 Å². The second-order valence-corrected chi connectivity index (χ2v) is 4.47. The quantitative estimate of drug-likeness (QED) is 0.648. The summed E-state index contributed by atoms with van der Waals surface area (Å²) in [6.45, 7) is 2.10. The molecule has 2 aromatic carbocycles. The molecule has 0 aliphatic heterocycles. The second kappa shape index (κ2) is 6.14. The van der Waals surface area contributed by atoms with Crippen molar-refractivity contribution in [1.82, 2.24) is 0 Å². The summed E-state index contributed by atoms with van der Waals surface area (Å²) in [5, 5.41) is 13.8. The summed E-state index contributed by atoms with van der Waals surface area (Å²) in [7, 11) is 0. The van der Waals surface area contributed by atoms with Crippen LogP contribution in [0.1, 0.15) is 18.9 Å². The van der Waals surface area contributed by atoms with Crippen LogP contribution in [0.2, 0.25) is 0 Å². The predicted molar refractivity (Wildman–Crippen MR) is 76.8 cm³/mol. The molecule has 5 heteroatoms. The van der Waals surface area contributed by atoms with Gasteiger partial charge in [0.15, 0.2) is 0 Å². The third-order valence-corrected chi connectivity index (χ3v) is 2.94. The average molecular weight is 274 g/mol. The molecule has 0 saturated heterocycles. The number of nitro benzene ring substituents is 1. The van der Waals surface area contributed by atoms with Gasteiger partial charge in [-0.15, -0.1) is 0 Å². The van der Waals surface area contributed by atoms with E-state index < -0.39 is 16.4 Å². The Labute approximate surface area is 116 Å². The summed E-state index contributed by atoms with van der Waals surface area (Å²) < 4.78 is 13.5. The molecule has 20 heavy (non-hydrogen) atoms. The van der Waals surface area contributed by atoms with Gasteiger partial charge in [0.25, 0.3) is 0 Å². The Balaban J connectivity index is 2.26. The lowest BCUT2D eigenvalue weighted by molar-refractivity contribution is -0.386. The molecule has 0 aliphatic carbocycles. The van der Waals surface area contributed by atoms with E-state index in [9.17, 15) is 14.5 Å². The Morgan fingerprint density at radius 1 is 1.20 bits per heavy atom. The number of nitrogens with zero attached hydrogens (tertiary/aromatic N) is 1. The molecule has 4 nitrogen and oxygen atoms in total. The van der Waals surface area contributed by atoms with E-state index in [0.717, 1.165) is 18.9 Å². The molecule has 104 valence electrons. The number of hydrogen-bond donors (Lipinski definition) is 1. The summed E-state index contributed by atoms with van der Waals surface area (Å²) in [4.78, 5) is 10.2. The zero-order valence-electron chi connectivity index (χ0n) is 11.1. The molecule has 0 unspecified atom stereocenters. The van der Waals surface area contributed by atoms with Crippen LogP contribution in [0.4, 0.5) is 21.5 Å². The Morgan fingerprint density at radius 2 is 1.90 bits per heavy atom. The van der Waals surface area contributed by atoms with E-state index in [2.05, 4.69) is 12.2 Å². The lowest BCUT2D eigenvalue weighted by atomic mass is 10.1. The van der Waals surface area contributed by atoms with E-state index in [4.69, 9.17) is 0 Å². The number of nitrogens with one attached hydrogen (secondary N) is 1. The Morgan fingerprint density at radius 3 is 2.50 bits per heavy atom. The number of rotatable bonds is 5. The van der Waals surface area contributed by atoms with Crippen LogP contribution in [0.25, 0.3) is 0 Å². The van der Waals surface area contributed by atoms with Gasteiger partial charge in [-0.25, -0.2) is 0 Å². The summed E-state index contributed by atoms with van der Waals surface area (Å²) in [6, 6.07) is 11.6. The van der Waals surface area contributed by atoms with Crippen LogP contribution < -0.4 is 5.32 Å². The molecule has 0 saturated carbocycles. The first kappa shape index (κ1) is 14.0. The van der Waals surface area contributed by atoms with Crippen LogP contribution in [0.3, 0.4) is 0 Å². The van der Waals surface area contributed by atoms with Gasteiger partial charge in [-0.2, -0.15) is 4.39 Å². The van der Waals surface area contributed by atoms with Crippen molar-refractivity contribution < 1.29 is 9.31 Å². The summed E-state index contributed by atoms with van der Waals surface area (Å²) in [5.74, 6) is -0.845. The third kappa shape index (κ3) is 3.12. The first-order valence-corrected chi connectivity index (χ1v) is 6.40. The van der Waals surface area contributed by atoms with Crippen LogP contribution in [0, 0.1) is 15.9 Å². The highest BCUT2D eigenvalue weighted by molar-refractivity contribution is 5.69. The van der Waals surface area contributed by atoms with Crippen LogP contribution in [0.15, 0.2) is 42.5 Å². The van der Waals surface area contributed by atoms with Crippen LogP contribution in [0.5, 0.6) is 0 Å². The smallest absolute Gasteiger partial charge is 0.327 e. The molecule has 0 aromatic heterocycles. The molecular formula is C15H15FN2O2. The van der Waals surface area contributed by atoms with Crippen molar-refractivity contribution in [3.8, 4) is 0 Å². The first-order chi connectivity index (χ1) is 9.61. The fraction of sp³-hybridized carbons (Fsp3) is 0.200. The number of halogens is 1. The van der Waals surface area contributed by atoms with E-state index >= 15 is 0 Å². The highest BCUT2D eigenvalue weighted by Crippen LogP contribution is 2.30. The highest BCUT2D eigenvalue weighted by Gasteiger charge is 2.19. The van der Waals surface area contributed by atoms with E-state index in [1.165, 1.54) is 17.7 Å². The van der Waals surface area contributed by atoms with E-state index in [1.807, 2.05) is 24.3 Å². The number of benzene rings is 2. The van der Waals surface area contributed by atoms with Gasteiger partial charge >= 0.3 is 5.69 Å². The molecule has 0 spiro atoms. The van der Waals surface area contributed by atoms with Crippen LogP contribution >= 0.6 is 0 Å². The second-order valence-electron chi connectivity index (χ2n) is 4.47. The first-order valence-electron chi connectivity index (χ1n) is 6.40. The maximum Gasteiger partial charge on any atom is 0.327 e. The predicted octanol–water partition coefficient (Wildman–Crippen LogP) is 4.43. The molecule has 0 heterocycles. The fourth-order valence-corrected chi connectivity index (χ4v) is 2.00. The van der Waals surface area contributed by atoms with Crippen LogP contribution in [-0.4, -0.2) is 4.92 Å². The zero-order chi connectivity index (χ0) is 14.5. The highest BCUT2D eigenvalue weighted by atomic mass is 19.1. The van der Waals surface area contributed by atoms with Crippen molar-refractivity contribution >= 4 is 17.1 Å². The average Bonchev–Trinajstić information content (AvgIpc) is 2.41. The SMILES string of the molecule is CCCc1ccc(Nc2cccc(F)c2[N+](=O)[O-])cc1. The fourth-order valence-electron chi connectivity index (χ4n) is 2.00. The van der Waals surface area contributed by atoms with Gasteiger partial charge in [0.2, 0.25) is 5.82 Å². The van der Waals surface area contributed by atoms with Crippen molar-refractivity contribution in [2.24, 2.45) is 0 Å². The van der Waals surface area contributed by atoms with E-state index in [1.54, 1.807) is 0 Å². The number of nitro groups is 1. The van der Waals surface area contributed by atoms with Crippen molar-refractivity contribution in [2.45, 2.75) is 19.8 Å². The molecule has 0 bridgehead atoms. The number of hydrogen-bond acceptors (Lipinski definition) is 3. The maximum atomic E-state index is 13.5. The summed E-state index contributed by atoms with van der Waals surface area (Å²) in [5.41, 5.74) is 1.51. The van der Waals surface area contributed by atoms with Crippen molar-refractivity contribution in [3.05, 3.63) is 64.0 Å². The molecule has 2 rings (SSSR count). The molecule has 0 radical (unpaired) electrons. The number of para-hydroxylation sites is 1. The lowest BCUT2D eigenvalue weighted by Gasteiger charge is -2.08. The van der Waals surface area contributed by atoms with Gasteiger partial charge in [-0.3, -0.25) is 10.1 Å². The Hall–Kier alpha value is -2.43. The number of aryl methyl sites for hydroxylation is 1. The molecule has 1 N–H and O–H groups in total. The van der Waals surface area contributed by atoms with E-state index in [0.29, 0.717) is 5.69 Å². The van der Waals surface area contributed by atoms with Crippen molar-refractivity contribution in [1.29, 1.82) is 0 Å². The monoisotopic (exact) mass is 274 g/mol. The van der Waals surface area contributed by atoms with Gasteiger partial charge in [0, 0.05) is 5.69 Å². The molecule has 0 aliphatic rings. The van der Waals surface area contributed by atoms with Gasteiger partial charge in [-0.05, 0) is 36.2 Å². The lowest BCUT2D eigenvalue weighted by Crippen LogP contribution is -1.99. The van der Waals surface area contributed by atoms with E-state index in [-0.39, 0.29) is 5.69 Å². The topological polar surface area (TPSA) is 55.2 Å². The molecule has 0 fully saturated rings.